The third-order valence-corrected chi connectivity index (χ3v) is 2.88. The van der Waals surface area contributed by atoms with Gasteiger partial charge in [0.2, 0.25) is 0 Å². The van der Waals surface area contributed by atoms with Gasteiger partial charge in [-0.2, -0.15) is 5.10 Å². The number of ketones is 2. The smallest absolute Gasteiger partial charge is 0.173 e. The van der Waals surface area contributed by atoms with Crippen LogP contribution in [-0.4, -0.2) is 21.3 Å². The molecule has 0 amide bonds. The Hall–Kier alpha value is -1.45. The second-order valence-electron chi connectivity index (χ2n) is 4.29. The van der Waals surface area contributed by atoms with E-state index in [-0.39, 0.29) is 23.9 Å². The van der Waals surface area contributed by atoms with Crippen molar-refractivity contribution in [3.8, 4) is 0 Å². The molecule has 0 aromatic carbocycles. The summed E-state index contributed by atoms with van der Waals surface area (Å²) in [6.07, 6.45) is 4.12. The lowest BCUT2D eigenvalue weighted by Gasteiger charge is -1.96. The Labute approximate surface area is 88.3 Å². The van der Waals surface area contributed by atoms with E-state index >= 15 is 0 Å². The summed E-state index contributed by atoms with van der Waals surface area (Å²) in [7, 11) is 1.75. The van der Waals surface area contributed by atoms with Crippen LogP contribution in [0.25, 0.3) is 0 Å². The molecule has 4 nitrogen and oxygen atoms in total. The van der Waals surface area contributed by atoms with E-state index in [1.807, 2.05) is 6.92 Å². The highest BCUT2D eigenvalue weighted by atomic mass is 16.1. The molecular formula is C11H14N2O2. The minimum absolute atomic E-state index is 0.0285. The molecule has 1 heterocycles. The zero-order valence-electron chi connectivity index (χ0n) is 8.93. The van der Waals surface area contributed by atoms with Crippen molar-refractivity contribution in [2.24, 2.45) is 18.9 Å². The first-order valence-corrected chi connectivity index (χ1v) is 5.12. The predicted octanol–water partition coefficient (Wildman–Crippen LogP) is 1.22. The van der Waals surface area contributed by atoms with Crippen LogP contribution in [0.5, 0.6) is 0 Å². The average Bonchev–Trinajstić information content (AvgIpc) is 2.73. The molecule has 2 unspecified atom stereocenters. The third-order valence-electron chi connectivity index (χ3n) is 2.88. The van der Waals surface area contributed by atoms with Crippen molar-refractivity contribution >= 4 is 11.6 Å². The lowest BCUT2D eigenvalue weighted by Crippen LogP contribution is -2.10. The van der Waals surface area contributed by atoms with E-state index < -0.39 is 0 Å². The highest BCUT2D eigenvalue weighted by molar-refractivity contribution is 6.08. The summed E-state index contributed by atoms with van der Waals surface area (Å²) in [6.45, 7) is 2.04. The summed E-state index contributed by atoms with van der Waals surface area (Å²) < 4.78 is 1.57. The van der Waals surface area contributed by atoms with Crippen LogP contribution in [0.2, 0.25) is 0 Å². The number of nitrogens with zero attached hydrogens (tertiary/aromatic N) is 2. The van der Waals surface area contributed by atoms with E-state index in [0.29, 0.717) is 11.5 Å². The van der Waals surface area contributed by atoms with Crippen LogP contribution < -0.4 is 0 Å². The lowest BCUT2D eigenvalue weighted by molar-refractivity contribution is -0.119. The van der Waals surface area contributed by atoms with Crippen LogP contribution >= 0.6 is 0 Å². The van der Waals surface area contributed by atoms with Gasteiger partial charge in [0, 0.05) is 19.2 Å². The zero-order chi connectivity index (χ0) is 11.0. The Bertz CT molecular complexity index is 408. The largest absolute Gasteiger partial charge is 0.299 e. The molecule has 2 rings (SSSR count). The van der Waals surface area contributed by atoms with Crippen molar-refractivity contribution in [3.05, 3.63) is 18.0 Å². The minimum Gasteiger partial charge on any atom is -0.299 e. The Morgan fingerprint density at radius 1 is 1.60 bits per heavy atom. The molecule has 4 heteroatoms. The molecule has 0 N–H and O–H groups in total. The first kappa shape index (κ1) is 10.1. The SMILES string of the molecule is CC1CC1C(=O)CC(=O)c1cnn(C)c1. The van der Waals surface area contributed by atoms with Crippen molar-refractivity contribution < 1.29 is 9.59 Å². The number of aromatic nitrogens is 2. The van der Waals surface area contributed by atoms with E-state index in [0.717, 1.165) is 6.42 Å². The maximum atomic E-state index is 11.6. The van der Waals surface area contributed by atoms with Crippen LogP contribution in [0.1, 0.15) is 30.1 Å². The lowest BCUT2D eigenvalue weighted by atomic mass is 10.1. The second-order valence-corrected chi connectivity index (χ2v) is 4.29. The predicted molar refractivity (Wildman–Crippen MR) is 54.4 cm³/mol. The summed E-state index contributed by atoms with van der Waals surface area (Å²) in [6, 6.07) is 0. The molecule has 2 atom stereocenters. The molecule has 80 valence electrons. The summed E-state index contributed by atoms with van der Waals surface area (Å²) in [5.74, 6) is 0.563. The summed E-state index contributed by atoms with van der Waals surface area (Å²) in [4.78, 5) is 23.2. The molecule has 1 fully saturated rings. The standard InChI is InChI=1S/C11H14N2O2/c1-7-3-9(7)11(15)4-10(14)8-5-12-13(2)6-8/h5-7,9H,3-4H2,1-2H3. The maximum absolute atomic E-state index is 11.6. The van der Waals surface area contributed by atoms with Gasteiger partial charge in [0.05, 0.1) is 18.2 Å². The highest BCUT2D eigenvalue weighted by Gasteiger charge is 2.39. The minimum atomic E-state index is -0.118. The topological polar surface area (TPSA) is 52.0 Å². The Morgan fingerprint density at radius 2 is 2.27 bits per heavy atom. The molecule has 15 heavy (non-hydrogen) atoms. The maximum Gasteiger partial charge on any atom is 0.173 e. The van der Waals surface area contributed by atoms with Gasteiger partial charge in [0.1, 0.15) is 5.78 Å². The van der Waals surface area contributed by atoms with Crippen LogP contribution in [-0.2, 0) is 11.8 Å². The van der Waals surface area contributed by atoms with Gasteiger partial charge in [-0.05, 0) is 12.3 Å². The van der Waals surface area contributed by atoms with Crippen LogP contribution in [0.4, 0.5) is 0 Å². The van der Waals surface area contributed by atoms with Crippen LogP contribution in [0, 0.1) is 11.8 Å². The number of hydrogen-bond donors (Lipinski definition) is 0. The fourth-order valence-electron chi connectivity index (χ4n) is 1.73. The van der Waals surface area contributed by atoms with Crippen LogP contribution in [0.3, 0.4) is 0 Å². The number of carbonyl (C=O) groups excluding carboxylic acids is 2. The van der Waals surface area contributed by atoms with Crippen molar-refractivity contribution in [1.82, 2.24) is 9.78 Å². The van der Waals surface area contributed by atoms with Crippen molar-refractivity contribution in [3.63, 3.8) is 0 Å². The summed E-state index contributed by atoms with van der Waals surface area (Å²) >= 11 is 0. The van der Waals surface area contributed by atoms with E-state index in [1.54, 1.807) is 17.9 Å². The fraction of sp³-hybridized carbons (Fsp3) is 0.545. The summed E-state index contributed by atoms with van der Waals surface area (Å²) in [5, 5.41) is 3.90. The molecule has 1 aliphatic rings. The van der Waals surface area contributed by atoms with E-state index in [1.165, 1.54) is 6.20 Å². The van der Waals surface area contributed by atoms with Gasteiger partial charge in [-0.15, -0.1) is 0 Å². The van der Waals surface area contributed by atoms with Crippen molar-refractivity contribution in [2.45, 2.75) is 19.8 Å². The first-order valence-electron chi connectivity index (χ1n) is 5.12. The zero-order valence-corrected chi connectivity index (χ0v) is 8.93. The monoisotopic (exact) mass is 206 g/mol. The van der Waals surface area contributed by atoms with Gasteiger partial charge >= 0.3 is 0 Å². The van der Waals surface area contributed by atoms with E-state index in [2.05, 4.69) is 5.10 Å². The molecule has 1 aromatic rings. The molecule has 0 saturated heterocycles. The van der Waals surface area contributed by atoms with Gasteiger partial charge in [0.15, 0.2) is 5.78 Å². The Kier molecular flexibility index (Phi) is 2.42. The van der Waals surface area contributed by atoms with Gasteiger partial charge in [0.25, 0.3) is 0 Å². The van der Waals surface area contributed by atoms with Gasteiger partial charge < -0.3 is 0 Å². The fourth-order valence-corrected chi connectivity index (χ4v) is 1.73. The second kappa shape index (κ2) is 3.61. The van der Waals surface area contributed by atoms with Gasteiger partial charge in [-0.3, -0.25) is 14.3 Å². The normalized spacial score (nSPS) is 23.9. The van der Waals surface area contributed by atoms with Gasteiger partial charge in [-0.1, -0.05) is 6.92 Å². The first-order chi connectivity index (χ1) is 7.08. The van der Waals surface area contributed by atoms with Crippen molar-refractivity contribution in [2.75, 3.05) is 0 Å². The molecule has 0 bridgehead atoms. The molecular weight excluding hydrogens is 192 g/mol. The Balaban J connectivity index is 1.95. The quantitative estimate of drug-likeness (QED) is 0.549. The van der Waals surface area contributed by atoms with E-state index in [9.17, 15) is 9.59 Å². The molecule has 0 spiro atoms. The van der Waals surface area contributed by atoms with E-state index in [4.69, 9.17) is 0 Å². The average molecular weight is 206 g/mol. The summed E-state index contributed by atoms with van der Waals surface area (Å²) in [5.41, 5.74) is 0.527. The number of aryl methyl sites for hydroxylation is 1. The molecule has 1 aromatic heterocycles. The van der Waals surface area contributed by atoms with Crippen LogP contribution in [0.15, 0.2) is 12.4 Å². The number of rotatable bonds is 4. The highest BCUT2D eigenvalue weighted by Crippen LogP contribution is 2.39. The van der Waals surface area contributed by atoms with Gasteiger partial charge in [-0.25, -0.2) is 0 Å². The van der Waals surface area contributed by atoms with Crippen molar-refractivity contribution in [1.29, 1.82) is 0 Å². The Morgan fingerprint density at radius 3 is 2.73 bits per heavy atom. The number of carbonyl (C=O) groups is 2. The molecule has 0 aliphatic heterocycles. The number of hydrogen-bond acceptors (Lipinski definition) is 3. The third kappa shape index (κ3) is 2.14. The molecule has 1 aliphatic carbocycles. The molecule has 0 radical (unpaired) electrons. The number of Topliss-reactive ketones (excluding diaryl/α,β-unsaturated/α-hetero) is 2. The molecule has 1 saturated carbocycles.